The lowest BCUT2D eigenvalue weighted by molar-refractivity contribution is -0.0328. The van der Waals surface area contributed by atoms with Gasteiger partial charge in [0.25, 0.3) is 5.91 Å². The fourth-order valence-electron chi connectivity index (χ4n) is 3.72. The largest absolute Gasteiger partial charge is 0.446 e. The smallest absolute Gasteiger partial charge is 0.396 e. The Morgan fingerprint density at radius 3 is 2.59 bits per heavy atom. The van der Waals surface area contributed by atoms with Crippen LogP contribution in [0.3, 0.4) is 0 Å². The Bertz CT molecular complexity index is 1170. The normalized spacial score (nSPS) is 16.0. The zero-order valence-electron chi connectivity index (χ0n) is 17.7. The molecule has 1 atom stereocenters. The molecule has 1 aliphatic heterocycles. The molecule has 1 saturated heterocycles. The summed E-state index contributed by atoms with van der Waals surface area (Å²) in [5.74, 6) is -0.407. The van der Waals surface area contributed by atoms with Gasteiger partial charge in [-0.15, -0.1) is 0 Å². The second-order valence-electron chi connectivity index (χ2n) is 7.80. The summed E-state index contributed by atoms with van der Waals surface area (Å²) in [5, 5.41) is 12.1. The Morgan fingerprint density at radius 1 is 1.18 bits per heavy atom. The second-order valence-corrected chi connectivity index (χ2v) is 8.94. The molecule has 4 rings (SSSR count). The van der Waals surface area contributed by atoms with Crippen LogP contribution in [-0.4, -0.2) is 46.2 Å². The van der Waals surface area contributed by atoms with Gasteiger partial charge < -0.3 is 15.3 Å². The molecule has 1 fully saturated rings. The van der Waals surface area contributed by atoms with Crippen molar-refractivity contribution in [1.82, 2.24) is 9.97 Å². The lowest BCUT2D eigenvalue weighted by atomic mass is 10.1. The molecule has 0 saturated carbocycles. The number of pyridine rings is 2. The first-order valence-electron chi connectivity index (χ1n) is 10.4. The minimum absolute atomic E-state index is 0.00389. The summed E-state index contributed by atoms with van der Waals surface area (Å²) in [6, 6.07) is 8.17. The number of nitrogens with one attached hydrogen (secondary N) is 1. The van der Waals surface area contributed by atoms with Gasteiger partial charge in [-0.1, -0.05) is 0 Å². The van der Waals surface area contributed by atoms with Gasteiger partial charge in [0, 0.05) is 59.7 Å². The van der Waals surface area contributed by atoms with Crippen molar-refractivity contribution in [1.29, 1.82) is 0 Å². The van der Waals surface area contributed by atoms with Gasteiger partial charge in [0.05, 0.1) is 11.8 Å². The Labute approximate surface area is 197 Å². The summed E-state index contributed by atoms with van der Waals surface area (Å²) in [6.45, 7) is 1.28. The SMILES string of the molecule is O=C(Nc1ccc(SC(F)(F)F)cc1)c1cnc(N2CCC(CO)C2)c(-c2cncc(F)c2)c1. The highest BCUT2D eigenvalue weighted by Gasteiger charge is 2.29. The molecular formula is C23H20F4N4O2S. The number of hydrogen-bond donors (Lipinski definition) is 2. The summed E-state index contributed by atoms with van der Waals surface area (Å²) in [5.41, 5.74) is -2.93. The highest BCUT2D eigenvalue weighted by molar-refractivity contribution is 8.00. The van der Waals surface area contributed by atoms with Crippen LogP contribution >= 0.6 is 11.8 Å². The van der Waals surface area contributed by atoms with E-state index in [4.69, 9.17) is 0 Å². The van der Waals surface area contributed by atoms with E-state index in [2.05, 4.69) is 15.3 Å². The highest BCUT2D eigenvalue weighted by Crippen LogP contribution is 2.37. The van der Waals surface area contributed by atoms with E-state index in [1.54, 1.807) is 6.07 Å². The number of hydrogen-bond acceptors (Lipinski definition) is 6. The third-order valence-electron chi connectivity index (χ3n) is 5.33. The van der Waals surface area contributed by atoms with Crippen molar-refractivity contribution < 1.29 is 27.5 Å². The zero-order chi connectivity index (χ0) is 24.3. The van der Waals surface area contributed by atoms with E-state index >= 15 is 0 Å². The van der Waals surface area contributed by atoms with Gasteiger partial charge in [-0.3, -0.25) is 9.78 Å². The number of halogens is 4. The van der Waals surface area contributed by atoms with Gasteiger partial charge in [-0.05, 0) is 54.6 Å². The molecule has 11 heteroatoms. The van der Waals surface area contributed by atoms with E-state index in [0.717, 1.165) is 12.6 Å². The number of carbonyl (C=O) groups excluding carboxylic acids is 1. The summed E-state index contributed by atoms with van der Waals surface area (Å²) in [6.07, 6.45) is 4.72. The van der Waals surface area contributed by atoms with Crippen molar-refractivity contribution in [3.63, 3.8) is 0 Å². The van der Waals surface area contributed by atoms with E-state index < -0.39 is 17.2 Å². The fraction of sp³-hybridized carbons (Fsp3) is 0.261. The lowest BCUT2D eigenvalue weighted by Gasteiger charge is -2.21. The minimum atomic E-state index is -4.40. The topological polar surface area (TPSA) is 78.4 Å². The Balaban J connectivity index is 1.59. The molecule has 3 aromatic rings. The van der Waals surface area contributed by atoms with Crippen LogP contribution in [0.1, 0.15) is 16.8 Å². The molecule has 1 unspecified atom stereocenters. The highest BCUT2D eigenvalue weighted by atomic mass is 32.2. The first-order valence-corrected chi connectivity index (χ1v) is 11.2. The van der Waals surface area contributed by atoms with Crippen LogP contribution in [0.2, 0.25) is 0 Å². The van der Waals surface area contributed by atoms with E-state index in [1.807, 2.05) is 4.90 Å². The third-order valence-corrected chi connectivity index (χ3v) is 6.07. The number of benzene rings is 1. The number of rotatable bonds is 6. The van der Waals surface area contributed by atoms with Crippen LogP contribution in [0.25, 0.3) is 11.1 Å². The van der Waals surface area contributed by atoms with Crippen molar-refractivity contribution in [2.24, 2.45) is 5.92 Å². The van der Waals surface area contributed by atoms with Crippen LogP contribution in [-0.2, 0) is 0 Å². The average molecular weight is 492 g/mol. The Kier molecular flexibility index (Phi) is 7.03. The number of amides is 1. The van der Waals surface area contributed by atoms with Gasteiger partial charge in [0.2, 0.25) is 0 Å². The predicted octanol–water partition coefficient (Wildman–Crippen LogP) is 4.97. The molecule has 1 amide bonds. The molecule has 0 spiro atoms. The van der Waals surface area contributed by atoms with Crippen LogP contribution in [0.5, 0.6) is 0 Å². The number of aromatic nitrogens is 2. The fourth-order valence-corrected chi connectivity index (χ4v) is 4.26. The molecule has 6 nitrogen and oxygen atoms in total. The van der Waals surface area contributed by atoms with Gasteiger partial charge >= 0.3 is 5.51 Å². The monoisotopic (exact) mass is 492 g/mol. The first-order chi connectivity index (χ1) is 16.2. The lowest BCUT2D eigenvalue weighted by Crippen LogP contribution is -2.23. The summed E-state index contributed by atoms with van der Waals surface area (Å²) in [4.78, 5) is 23.2. The molecule has 2 N–H and O–H groups in total. The molecule has 1 aromatic carbocycles. The number of aliphatic hydroxyl groups excluding tert-OH is 1. The van der Waals surface area contributed by atoms with Gasteiger partial charge in [-0.25, -0.2) is 9.37 Å². The average Bonchev–Trinajstić information content (AvgIpc) is 3.28. The minimum Gasteiger partial charge on any atom is -0.396 e. The molecule has 0 bridgehead atoms. The number of nitrogens with zero attached hydrogens (tertiary/aromatic N) is 3. The van der Waals surface area contributed by atoms with Crippen molar-refractivity contribution in [2.45, 2.75) is 16.8 Å². The van der Waals surface area contributed by atoms with Crippen LogP contribution < -0.4 is 10.2 Å². The maximum Gasteiger partial charge on any atom is 0.446 e. The van der Waals surface area contributed by atoms with Gasteiger partial charge in [0.15, 0.2) is 0 Å². The van der Waals surface area contributed by atoms with Crippen molar-refractivity contribution in [3.05, 3.63) is 66.4 Å². The maximum absolute atomic E-state index is 13.9. The zero-order valence-corrected chi connectivity index (χ0v) is 18.5. The summed E-state index contributed by atoms with van der Waals surface area (Å²) < 4.78 is 51.4. The standard InChI is InChI=1S/C23H20F4N4O2S/c24-17-7-15(9-28-11-17)20-8-16(10-29-21(20)31-6-5-14(12-31)13-32)22(33)30-18-1-3-19(4-2-18)34-23(25,26)27/h1-4,7-11,14,32H,5-6,12-13H2,(H,30,33). The molecule has 1 aliphatic rings. The number of aliphatic hydroxyl groups is 1. The van der Waals surface area contributed by atoms with Crippen molar-refractivity contribution >= 4 is 29.2 Å². The van der Waals surface area contributed by atoms with Crippen LogP contribution in [0.15, 0.2) is 59.9 Å². The predicted molar refractivity (Wildman–Crippen MR) is 121 cm³/mol. The molecule has 0 aliphatic carbocycles. The molecule has 34 heavy (non-hydrogen) atoms. The van der Waals surface area contributed by atoms with Crippen molar-refractivity contribution in [3.8, 4) is 11.1 Å². The van der Waals surface area contributed by atoms with E-state index in [9.17, 15) is 27.5 Å². The van der Waals surface area contributed by atoms with Crippen LogP contribution in [0, 0.1) is 11.7 Å². The van der Waals surface area contributed by atoms with Crippen molar-refractivity contribution in [2.75, 3.05) is 29.9 Å². The van der Waals surface area contributed by atoms with Gasteiger partial charge in [0.1, 0.15) is 11.6 Å². The number of anilines is 2. The third kappa shape index (κ3) is 5.84. The molecule has 3 heterocycles. The van der Waals surface area contributed by atoms with E-state index in [1.165, 1.54) is 42.7 Å². The molecule has 2 aromatic heterocycles. The molecular weight excluding hydrogens is 472 g/mol. The Hall–Kier alpha value is -3.18. The van der Waals surface area contributed by atoms with E-state index in [0.29, 0.717) is 35.7 Å². The number of thioether (sulfide) groups is 1. The molecule has 0 radical (unpaired) electrons. The van der Waals surface area contributed by atoms with Gasteiger partial charge in [-0.2, -0.15) is 13.2 Å². The maximum atomic E-state index is 13.9. The quantitative estimate of drug-likeness (QED) is 0.374. The summed E-state index contributed by atoms with van der Waals surface area (Å²) >= 11 is -0.239. The first kappa shape index (κ1) is 24.0. The second kappa shape index (κ2) is 9.98. The molecule has 178 valence electrons. The van der Waals surface area contributed by atoms with E-state index in [-0.39, 0.29) is 34.7 Å². The number of alkyl halides is 3. The summed E-state index contributed by atoms with van der Waals surface area (Å²) in [7, 11) is 0. The van der Waals surface area contributed by atoms with Crippen LogP contribution in [0.4, 0.5) is 29.1 Å². The number of carbonyl (C=O) groups is 1. The Morgan fingerprint density at radius 2 is 1.94 bits per heavy atom.